The normalized spacial score (nSPS) is 15.5. The van der Waals surface area contributed by atoms with Gasteiger partial charge in [0.05, 0.1) is 5.54 Å². The molecule has 6 heteroatoms. The smallest absolute Gasteiger partial charge is 0.318 e. The lowest BCUT2D eigenvalue weighted by Crippen LogP contribution is -2.48. The molecular weight excluding hydrogens is 296 g/mol. The number of carbonyl (C=O) groups is 1. The molecule has 0 saturated carbocycles. The van der Waals surface area contributed by atoms with Gasteiger partial charge in [-0.3, -0.25) is 0 Å². The first-order chi connectivity index (χ1) is 8.09. The molecule has 1 N–H and O–H groups in total. The van der Waals surface area contributed by atoms with Gasteiger partial charge in [-0.15, -0.1) is 0 Å². The molecule has 0 radical (unpaired) electrons. The number of nitrogens with zero attached hydrogens (tertiary/aromatic N) is 3. The van der Waals surface area contributed by atoms with Crippen LogP contribution in [0.4, 0.5) is 4.79 Å². The Kier molecular flexibility index (Phi) is 6.81. The fraction of sp³-hybridized carbons (Fsp3) is 0.917. The molecule has 0 aliphatic heterocycles. The van der Waals surface area contributed by atoms with E-state index in [-0.39, 0.29) is 11.6 Å². The minimum absolute atomic E-state index is 0.153. The van der Waals surface area contributed by atoms with Crippen molar-refractivity contribution in [2.45, 2.75) is 51.7 Å². The first kappa shape index (κ1) is 17.4. The highest BCUT2D eigenvalue weighted by Crippen LogP contribution is 2.19. The van der Waals surface area contributed by atoms with Crippen LogP contribution < -0.4 is 5.32 Å². The summed E-state index contributed by atoms with van der Waals surface area (Å²) in [6, 6.07) is -0.153. The van der Waals surface area contributed by atoms with Gasteiger partial charge in [-0.1, -0.05) is 15.9 Å². The zero-order valence-corrected chi connectivity index (χ0v) is 13.8. The molecular formula is C12H25BrN4O. The second-order valence-corrected chi connectivity index (χ2v) is 6.55. The van der Waals surface area contributed by atoms with Gasteiger partial charge in [0.1, 0.15) is 0 Å². The maximum atomic E-state index is 11.7. The lowest BCUT2D eigenvalue weighted by Gasteiger charge is -2.28. The van der Waals surface area contributed by atoms with Crippen LogP contribution in [0, 0.1) is 0 Å². The van der Waals surface area contributed by atoms with Crippen molar-refractivity contribution < 1.29 is 4.79 Å². The van der Waals surface area contributed by atoms with Crippen LogP contribution >= 0.6 is 15.9 Å². The molecule has 0 aromatic heterocycles. The number of urea groups is 1. The molecule has 0 fully saturated rings. The summed E-state index contributed by atoms with van der Waals surface area (Å²) in [7, 11) is 3.42. The third kappa shape index (κ3) is 7.63. The van der Waals surface area contributed by atoms with Crippen molar-refractivity contribution in [3.8, 4) is 0 Å². The molecule has 0 aromatic rings. The molecule has 0 saturated heterocycles. The van der Waals surface area contributed by atoms with Gasteiger partial charge in [0.15, 0.2) is 5.66 Å². The van der Waals surface area contributed by atoms with Crippen LogP contribution in [-0.4, -0.2) is 41.6 Å². The first-order valence-electron chi connectivity index (χ1n) is 6.09. The fourth-order valence-corrected chi connectivity index (χ4v) is 1.43. The predicted molar refractivity (Wildman–Crippen MR) is 78.3 cm³/mol. The number of hydrogen-bond acceptors (Lipinski definition) is 3. The highest BCUT2D eigenvalue weighted by Gasteiger charge is 2.27. The van der Waals surface area contributed by atoms with E-state index >= 15 is 0 Å². The van der Waals surface area contributed by atoms with Gasteiger partial charge in [-0.25, -0.2) is 4.79 Å². The van der Waals surface area contributed by atoms with Crippen LogP contribution in [0.5, 0.6) is 0 Å². The Morgan fingerprint density at radius 3 is 2.17 bits per heavy atom. The maximum Gasteiger partial charge on any atom is 0.318 e. The molecule has 5 nitrogen and oxygen atoms in total. The summed E-state index contributed by atoms with van der Waals surface area (Å²) in [6.07, 6.45) is 1.67. The summed E-state index contributed by atoms with van der Waals surface area (Å²) >= 11 is 3.39. The minimum Gasteiger partial charge on any atom is -0.331 e. The highest BCUT2D eigenvalue weighted by molar-refractivity contribution is 9.09. The Morgan fingerprint density at radius 1 is 1.22 bits per heavy atom. The number of halogens is 1. The molecule has 0 bridgehead atoms. The van der Waals surface area contributed by atoms with Gasteiger partial charge in [-0.05, 0) is 40.5 Å². The van der Waals surface area contributed by atoms with Crippen molar-refractivity contribution in [2.24, 2.45) is 10.2 Å². The van der Waals surface area contributed by atoms with Gasteiger partial charge in [0, 0.05) is 19.4 Å². The topological polar surface area (TPSA) is 57.1 Å². The highest BCUT2D eigenvalue weighted by atomic mass is 79.9. The van der Waals surface area contributed by atoms with Gasteiger partial charge < -0.3 is 10.2 Å². The van der Waals surface area contributed by atoms with E-state index in [9.17, 15) is 4.79 Å². The summed E-state index contributed by atoms with van der Waals surface area (Å²) in [4.78, 5) is 13.2. The molecule has 0 spiro atoms. The van der Waals surface area contributed by atoms with Crippen molar-refractivity contribution in [1.82, 2.24) is 10.2 Å². The van der Waals surface area contributed by atoms with E-state index < -0.39 is 5.66 Å². The quantitative estimate of drug-likeness (QED) is 0.612. The summed E-state index contributed by atoms with van der Waals surface area (Å²) in [5, 5.41) is 12.4. The van der Waals surface area contributed by atoms with Crippen LogP contribution in [0.2, 0.25) is 0 Å². The Hall–Kier alpha value is -0.650. The Balaban J connectivity index is 4.82. The van der Waals surface area contributed by atoms with E-state index in [1.165, 1.54) is 4.90 Å². The van der Waals surface area contributed by atoms with Crippen LogP contribution in [0.25, 0.3) is 0 Å². The number of azo groups is 1. The van der Waals surface area contributed by atoms with Crippen LogP contribution in [-0.2, 0) is 0 Å². The standard InChI is InChI=1S/C12H25BrN4O/c1-11(2,3)15-16-12(4,8-7-9-13)14-10(18)17(5)6/h7-9H2,1-6H3,(H,14,18)/b16-15+. The monoisotopic (exact) mass is 320 g/mol. The third-order valence-electron chi connectivity index (χ3n) is 2.15. The van der Waals surface area contributed by atoms with Crippen LogP contribution in [0.3, 0.4) is 0 Å². The number of rotatable bonds is 5. The van der Waals surface area contributed by atoms with Gasteiger partial charge in [0.2, 0.25) is 0 Å². The van der Waals surface area contributed by atoms with E-state index in [1.807, 2.05) is 27.7 Å². The van der Waals surface area contributed by atoms with Crippen molar-refractivity contribution in [1.29, 1.82) is 0 Å². The first-order valence-corrected chi connectivity index (χ1v) is 7.21. The number of nitrogens with one attached hydrogen (secondary N) is 1. The van der Waals surface area contributed by atoms with Crippen molar-refractivity contribution in [3.63, 3.8) is 0 Å². The van der Waals surface area contributed by atoms with Gasteiger partial charge in [0.25, 0.3) is 0 Å². The van der Waals surface area contributed by atoms with Crippen molar-refractivity contribution >= 4 is 22.0 Å². The third-order valence-corrected chi connectivity index (χ3v) is 2.71. The number of amides is 2. The molecule has 18 heavy (non-hydrogen) atoms. The molecule has 0 heterocycles. The van der Waals surface area contributed by atoms with E-state index in [0.717, 1.165) is 18.2 Å². The van der Waals surface area contributed by atoms with E-state index in [1.54, 1.807) is 14.1 Å². The predicted octanol–water partition coefficient (Wildman–Crippen LogP) is 3.40. The van der Waals surface area contributed by atoms with Crippen LogP contribution in [0.1, 0.15) is 40.5 Å². The molecule has 0 aliphatic rings. The number of alkyl halides is 1. The van der Waals surface area contributed by atoms with Crippen molar-refractivity contribution in [3.05, 3.63) is 0 Å². The Labute approximate surface area is 119 Å². The number of carbonyl (C=O) groups excluding carboxylic acids is 1. The van der Waals surface area contributed by atoms with Gasteiger partial charge in [-0.2, -0.15) is 10.2 Å². The summed E-state index contributed by atoms with van der Waals surface area (Å²) in [5.74, 6) is 0. The summed E-state index contributed by atoms with van der Waals surface area (Å²) in [6.45, 7) is 7.84. The average Bonchev–Trinajstić information content (AvgIpc) is 2.23. The molecule has 1 unspecified atom stereocenters. The SMILES string of the molecule is CN(C)C(=O)NC(C)(CCCBr)/N=N/C(C)(C)C. The number of hydrogen-bond donors (Lipinski definition) is 1. The molecule has 106 valence electrons. The van der Waals surface area contributed by atoms with E-state index in [2.05, 4.69) is 31.5 Å². The molecule has 0 aromatic carbocycles. The average molecular weight is 321 g/mol. The van der Waals surface area contributed by atoms with E-state index in [4.69, 9.17) is 0 Å². The van der Waals surface area contributed by atoms with Crippen molar-refractivity contribution in [2.75, 3.05) is 19.4 Å². The lowest BCUT2D eigenvalue weighted by molar-refractivity contribution is 0.199. The second kappa shape index (κ2) is 7.07. The molecule has 0 aliphatic carbocycles. The summed E-state index contributed by atoms with van der Waals surface area (Å²) < 4.78 is 0. The maximum absolute atomic E-state index is 11.7. The molecule has 2 amide bonds. The van der Waals surface area contributed by atoms with Crippen LogP contribution in [0.15, 0.2) is 10.2 Å². The lowest BCUT2D eigenvalue weighted by atomic mass is 10.1. The molecule has 0 rings (SSSR count). The molecule has 1 atom stereocenters. The Bertz CT molecular complexity index is 299. The zero-order valence-electron chi connectivity index (χ0n) is 12.2. The fourth-order valence-electron chi connectivity index (χ4n) is 1.15. The minimum atomic E-state index is -0.650. The summed E-state index contributed by atoms with van der Waals surface area (Å²) in [5.41, 5.74) is -0.888. The Morgan fingerprint density at radius 2 is 1.78 bits per heavy atom. The van der Waals surface area contributed by atoms with E-state index in [0.29, 0.717) is 0 Å². The second-order valence-electron chi connectivity index (χ2n) is 5.76. The zero-order chi connectivity index (χ0) is 14.4. The largest absolute Gasteiger partial charge is 0.331 e. The van der Waals surface area contributed by atoms with Gasteiger partial charge >= 0.3 is 6.03 Å².